The number of carboxylic acids is 3. The van der Waals surface area contributed by atoms with Crippen LogP contribution >= 0.6 is 0 Å². The molecule has 0 saturated heterocycles. The lowest BCUT2D eigenvalue weighted by molar-refractivity contribution is -0.166. The molecule has 0 amide bonds. The predicted molar refractivity (Wildman–Crippen MR) is 453 cm³/mol. The molecule has 10 unspecified atom stereocenters. The number of hydrogen-bond acceptors (Lipinski definition) is 15. The van der Waals surface area contributed by atoms with Gasteiger partial charge in [0.25, 0.3) is 0 Å². The molecule has 18 heteroatoms. The fourth-order valence-corrected chi connectivity index (χ4v) is 13.8. The molecule has 3 aromatic carbocycles. The second-order valence-electron chi connectivity index (χ2n) is 39.1. The highest BCUT2D eigenvalue weighted by atomic mass is 16.6. The fraction of sp³-hybridized carbons (Fsp3) is 0.737. The molecule has 0 aromatic heterocycles. The Morgan fingerprint density at radius 1 is 0.478 bits per heavy atom. The van der Waals surface area contributed by atoms with Crippen molar-refractivity contribution in [2.45, 2.75) is 342 Å². The largest absolute Gasteiger partial charge is 0.481 e. The molecule has 5 saturated carbocycles. The van der Waals surface area contributed by atoms with Crippen molar-refractivity contribution in [1.29, 1.82) is 0 Å². The first-order chi connectivity index (χ1) is 51.8. The predicted octanol–water partition coefficient (Wildman–Crippen LogP) is 23.7. The molecular formula is C95H156O18. The smallest absolute Gasteiger partial charge is 0.336 e. The summed E-state index contributed by atoms with van der Waals surface area (Å²) in [7, 11) is 0. The second-order valence-corrected chi connectivity index (χ2v) is 39.1. The average molecular weight is 1590 g/mol. The number of ether oxygens (including phenoxy) is 6. The van der Waals surface area contributed by atoms with Gasteiger partial charge in [-0.3, -0.25) is 38.4 Å². The van der Waals surface area contributed by atoms with Crippen LogP contribution in [0.3, 0.4) is 0 Å². The summed E-state index contributed by atoms with van der Waals surface area (Å²) < 4.78 is 32.4. The topological polar surface area (TPSA) is 270 Å². The van der Waals surface area contributed by atoms with Crippen LogP contribution in [0, 0.1) is 96.6 Å². The molecule has 0 spiro atoms. The Bertz CT molecular complexity index is 3490. The first-order valence-corrected chi connectivity index (χ1v) is 42.3. The molecule has 113 heavy (non-hydrogen) atoms. The number of rotatable bonds is 25. The molecular weight excluding hydrogens is 1430 g/mol. The van der Waals surface area contributed by atoms with Crippen molar-refractivity contribution in [3.05, 3.63) is 77.9 Å². The van der Waals surface area contributed by atoms with Gasteiger partial charge in [-0.2, -0.15) is 0 Å². The lowest BCUT2D eigenvalue weighted by Gasteiger charge is -2.39. The Hall–Kier alpha value is -6.85. The number of hydrogen-bond donors (Lipinski definition) is 3. The number of aromatic carboxylic acids is 1. The lowest BCUT2D eigenvalue weighted by Crippen LogP contribution is -2.36. The minimum Gasteiger partial charge on any atom is -0.481 e. The van der Waals surface area contributed by atoms with Crippen LogP contribution in [0.4, 0.5) is 0 Å². The zero-order chi connectivity index (χ0) is 87.4. The summed E-state index contributed by atoms with van der Waals surface area (Å²) in [4.78, 5) is 102. The van der Waals surface area contributed by atoms with Gasteiger partial charge in [0.15, 0.2) is 0 Å². The standard InChI is InChI=1S/C17H28O2.C17H30O2.C16H16O4.C13H18O2.C11H22O2.C10H20O2.C6H12O2.C5H10O2/c1-4-17(2,3)16(18)19-10-12-8-11-9-15(12)14-7-5-6-13(11)14;1-7-15(2,3)14(18)19-11-13-10-12-8-9-17(13,6)16(12,4)5;1-3-10(2)16(19)20-14-9-5-6-11-12(14)7-4-8-13(11)15(17)18;1-4-13(2,3)12(14)15-10-11-8-6-5-7-9-11;1-7-11(5,6)8-9(12)13-10(2,3)4;1-7-10(5,6)8(11)12-9(2,3)4;1-4-6(2,3)5(7)8;1-3-4(2)5(6)7/h11-15H,4-10H2,1-3H3;12-13H,7-11H2,1-6H3;4-10H,3H2,1-2H3,(H,17,18);5-9H,4,10H2,1-3H3;7-8H2,1-6H3;7H2,1-6H3;4H2,1-3H3,(H,7,8);4H,3H2,1-2H3,(H,6,7). The van der Waals surface area contributed by atoms with Crippen LogP contribution in [0.25, 0.3) is 10.8 Å². The summed E-state index contributed by atoms with van der Waals surface area (Å²) in [6.07, 6.45) is 17.9. The maximum absolute atomic E-state index is 12.1. The van der Waals surface area contributed by atoms with E-state index in [4.69, 9.17) is 38.6 Å². The van der Waals surface area contributed by atoms with Gasteiger partial charge in [0.05, 0.1) is 64.1 Å². The average Bonchev–Trinajstić information content (AvgIpc) is 1.56. The Kier molecular flexibility index (Phi) is 41.5. The van der Waals surface area contributed by atoms with E-state index < -0.39 is 23.3 Å². The van der Waals surface area contributed by atoms with Gasteiger partial charge in [-0.15, -0.1) is 0 Å². The molecule has 0 radical (unpaired) electrons. The molecule has 3 N–H and O–H groups in total. The monoisotopic (exact) mass is 1590 g/mol. The van der Waals surface area contributed by atoms with E-state index in [9.17, 15) is 48.3 Å². The van der Waals surface area contributed by atoms with Gasteiger partial charge < -0.3 is 43.7 Å². The molecule has 0 heterocycles. The van der Waals surface area contributed by atoms with Crippen molar-refractivity contribution in [3.8, 4) is 5.75 Å². The number of benzene rings is 3. The molecule has 5 aliphatic rings. The van der Waals surface area contributed by atoms with Crippen LogP contribution in [-0.2, 0) is 68.6 Å². The highest BCUT2D eigenvalue weighted by Crippen LogP contribution is 2.68. The molecule has 10 atom stereocenters. The van der Waals surface area contributed by atoms with Gasteiger partial charge in [-0.1, -0.05) is 171 Å². The Morgan fingerprint density at radius 2 is 0.947 bits per heavy atom. The number of esters is 6. The maximum atomic E-state index is 12.1. The fourth-order valence-electron chi connectivity index (χ4n) is 13.8. The van der Waals surface area contributed by atoms with E-state index in [1.165, 1.54) is 57.4 Å². The van der Waals surface area contributed by atoms with E-state index in [2.05, 4.69) is 48.5 Å². The SMILES string of the molecule is CCC(C)(C)C(=O)O.CCC(C)(C)C(=O)OC(C)(C)C.CCC(C)(C)C(=O)OCC1CC2CC1C1CCCC21.CCC(C)(C)C(=O)OCC1CC2CCC1(C)C2(C)C.CCC(C)(C)C(=O)OCc1ccccc1.CCC(C)(C)CC(=O)OC(C)(C)C.CCC(C)C(=O)O.CCC(C)C(=O)Oc1cccc2c(C(=O)O)cccc12. The van der Waals surface area contributed by atoms with Crippen LogP contribution in [-0.4, -0.2) is 93.5 Å². The second kappa shape index (κ2) is 45.0. The minimum absolute atomic E-state index is 0.000690. The molecule has 4 bridgehead atoms. The molecule has 5 aliphatic carbocycles. The van der Waals surface area contributed by atoms with Crippen molar-refractivity contribution in [2.24, 2.45) is 96.6 Å². The molecule has 5 fully saturated rings. The summed E-state index contributed by atoms with van der Waals surface area (Å²) in [5.74, 6) is 2.80. The van der Waals surface area contributed by atoms with Gasteiger partial charge in [0.1, 0.15) is 23.6 Å². The third-order valence-corrected chi connectivity index (χ3v) is 25.6. The van der Waals surface area contributed by atoms with E-state index in [-0.39, 0.29) is 91.5 Å². The van der Waals surface area contributed by atoms with Crippen LogP contribution < -0.4 is 4.74 Å². The first kappa shape index (κ1) is 104. The lowest BCUT2D eigenvalue weighted by atomic mass is 9.67. The van der Waals surface area contributed by atoms with Crippen molar-refractivity contribution in [3.63, 3.8) is 0 Å². The number of fused-ring (bicyclic) bond motifs is 8. The number of carboxylic acid groups (broad SMARTS) is 3. The van der Waals surface area contributed by atoms with Crippen molar-refractivity contribution < 1.29 is 86.9 Å². The normalized spacial score (nSPS) is 21.0. The highest BCUT2D eigenvalue weighted by molar-refractivity contribution is 6.05. The van der Waals surface area contributed by atoms with E-state index in [1.54, 1.807) is 58.0 Å². The van der Waals surface area contributed by atoms with Gasteiger partial charge in [-0.25, -0.2) is 4.79 Å². The zero-order valence-corrected chi connectivity index (χ0v) is 76.2. The summed E-state index contributed by atoms with van der Waals surface area (Å²) >= 11 is 0. The van der Waals surface area contributed by atoms with Crippen LogP contribution in [0.2, 0.25) is 0 Å². The van der Waals surface area contributed by atoms with Crippen LogP contribution in [0.1, 0.15) is 340 Å². The van der Waals surface area contributed by atoms with E-state index in [0.29, 0.717) is 78.3 Å². The summed E-state index contributed by atoms with van der Waals surface area (Å²) in [5.41, 5.74) is -0.614. The van der Waals surface area contributed by atoms with Gasteiger partial charge >= 0.3 is 53.7 Å². The van der Waals surface area contributed by atoms with Gasteiger partial charge in [0.2, 0.25) is 0 Å². The van der Waals surface area contributed by atoms with E-state index >= 15 is 0 Å². The minimum atomic E-state index is -0.999. The number of carbonyl (C=O) groups excluding carboxylic acids is 6. The van der Waals surface area contributed by atoms with E-state index in [1.807, 2.05) is 169 Å². The Balaban J connectivity index is 0.000000659. The van der Waals surface area contributed by atoms with E-state index in [0.717, 1.165) is 73.7 Å². The quantitative estimate of drug-likeness (QED) is 0.0404. The Morgan fingerprint density at radius 3 is 1.36 bits per heavy atom. The van der Waals surface area contributed by atoms with Crippen LogP contribution in [0.5, 0.6) is 5.75 Å². The molecule has 18 nitrogen and oxygen atoms in total. The maximum Gasteiger partial charge on any atom is 0.336 e. The van der Waals surface area contributed by atoms with Gasteiger partial charge in [-0.05, 0) is 281 Å². The molecule has 0 aliphatic heterocycles. The molecule has 8 rings (SSSR count). The Labute approximate surface area is 683 Å². The molecule has 3 aromatic rings. The summed E-state index contributed by atoms with van der Waals surface area (Å²) in [5, 5.41) is 27.0. The van der Waals surface area contributed by atoms with Crippen LogP contribution in [0.15, 0.2) is 66.7 Å². The third-order valence-electron chi connectivity index (χ3n) is 25.6. The van der Waals surface area contributed by atoms with Crippen molar-refractivity contribution >= 4 is 64.5 Å². The summed E-state index contributed by atoms with van der Waals surface area (Å²) in [6.45, 7) is 62.7. The third kappa shape index (κ3) is 33.0. The first-order valence-electron chi connectivity index (χ1n) is 42.3. The number of aliphatic carboxylic acids is 2. The van der Waals surface area contributed by atoms with Crippen molar-refractivity contribution in [1.82, 2.24) is 0 Å². The molecule has 644 valence electrons. The van der Waals surface area contributed by atoms with Crippen molar-refractivity contribution in [2.75, 3.05) is 13.2 Å². The highest BCUT2D eigenvalue weighted by Gasteiger charge is 2.61. The van der Waals surface area contributed by atoms with Gasteiger partial charge in [0, 0.05) is 5.39 Å². The zero-order valence-electron chi connectivity index (χ0n) is 76.2. The number of carbonyl (C=O) groups is 9. The summed E-state index contributed by atoms with van der Waals surface area (Å²) in [6, 6.07) is 19.7.